The Hall–Kier alpha value is -1.42. The topological polar surface area (TPSA) is 51.2 Å². The van der Waals surface area contributed by atoms with Gasteiger partial charge in [0.2, 0.25) is 0 Å². The van der Waals surface area contributed by atoms with Gasteiger partial charge in [0.15, 0.2) is 5.78 Å². The lowest BCUT2D eigenvalue weighted by Crippen LogP contribution is -2.08. The van der Waals surface area contributed by atoms with Gasteiger partial charge < -0.3 is 10.1 Å². The third-order valence-corrected chi connectivity index (χ3v) is 1.78. The van der Waals surface area contributed by atoms with Crippen molar-refractivity contribution in [2.75, 3.05) is 25.6 Å². The molecule has 0 fully saturated rings. The van der Waals surface area contributed by atoms with Crippen molar-refractivity contribution < 1.29 is 9.53 Å². The van der Waals surface area contributed by atoms with E-state index in [1.807, 2.05) is 0 Å². The first-order valence-electron chi connectivity index (χ1n) is 4.44. The second-order valence-electron chi connectivity index (χ2n) is 2.91. The summed E-state index contributed by atoms with van der Waals surface area (Å²) >= 11 is 0. The van der Waals surface area contributed by atoms with E-state index in [9.17, 15) is 4.79 Å². The summed E-state index contributed by atoms with van der Waals surface area (Å²) in [6.45, 7) is 2.87. The van der Waals surface area contributed by atoms with Gasteiger partial charge in [0.25, 0.3) is 0 Å². The molecule has 1 aromatic rings. The number of anilines is 1. The molecule has 1 N–H and O–H groups in total. The molecule has 0 radical (unpaired) electrons. The second kappa shape index (κ2) is 5.34. The molecule has 0 unspecified atom stereocenters. The SMILES string of the molecule is COCCNc1ccc(C(C)=O)cn1. The molecule has 1 rings (SSSR count). The van der Waals surface area contributed by atoms with Crippen LogP contribution in [0.1, 0.15) is 17.3 Å². The van der Waals surface area contributed by atoms with E-state index in [0.29, 0.717) is 18.7 Å². The average Bonchev–Trinajstić information content (AvgIpc) is 2.19. The van der Waals surface area contributed by atoms with Crippen LogP contribution in [0.3, 0.4) is 0 Å². The largest absolute Gasteiger partial charge is 0.383 e. The summed E-state index contributed by atoms with van der Waals surface area (Å²) in [5.41, 5.74) is 0.627. The number of pyridine rings is 1. The molecule has 0 spiro atoms. The Labute approximate surface area is 83.3 Å². The number of carbonyl (C=O) groups is 1. The van der Waals surface area contributed by atoms with Crippen LogP contribution in [0, 0.1) is 0 Å². The van der Waals surface area contributed by atoms with Gasteiger partial charge in [-0.3, -0.25) is 4.79 Å². The number of ketones is 1. The van der Waals surface area contributed by atoms with E-state index < -0.39 is 0 Å². The number of ether oxygens (including phenoxy) is 1. The molecule has 0 aromatic carbocycles. The smallest absolute Gasteiger partial charge is 0.161 e. The molecule has 0 bridgehead atoms. The zero-order valence-electron chi connectivity index (χ0n) is 8.41. The monoisotopic (exact) mass is 194 g/mol. The Balaban J connectivity index is 2.51. The van der Waals surface area contributed by atoms with Gasteiger partial charge >= 0.3 is 0 Å². The van der Waals surface area contributed by atoms with Crippen molar-refractivity contribution in [2.24, 2.45) is 0 Å². The number of methoxy groups -OCH3 is 1. The molecule has 0 saturated heterocycles. The van der Waals surface area contributed by atoms with Crippen LogP contribution in [0.15, 0.2) is 18.3 Å². The molecule has 14 heavy (non-hydrogen) atoms. The van der Waals surface area contributed by atoms with Gasteiger partial charge in [0.05, 0.1) is 6.61 Å². The van der Waals surface area contributed by atoms with Crippen LogP contribution >= 0.6 is 0 Å². The summed E-state index contributed by atoms with van der Waals surface area (Å²) < 4.78 is 4.88. The quantitative estimate of drug-likeness (QED) is 0.567. The van der Waals surface area contributed by atoms with E-state index in [4.69, 9.17) is 4.74 Å². The number of rotatable bonds is 5. The normalized spacial score (nSPS) is 9.86. The first-order valence-corrected chi connectivity index (χ1v) is 4.44. The van der Waals surface area contributed by atoms with Gasteiger partial charge in [-0.05, 0) is 19.1 Å². The van der Waals surface area contributed by atoms with Crippen molar-refractivity contribution in [1.29, 1.82) is 0 Å². The summed E-state index contributed by atoms with van der Waals surface area (Å²) in [5, 5.41) is 3.06. The van der Waals surface area contributed by atoms with Gasteiger partial charge in [0.1, 0.15) is 5.82 Å². The molecule has 76 valence electrons. The van der Waals surface area contributed by atoms with E-state index in [2.05, 4.69) is 10.3 Å². The van der Waals surface area contributed by atoms with Crippen molar-refractivity contribution in [1.82, 2.24) is 4.98 Å². The zero-order chi connectivity index (χ0) is 10.4. The van der Waals surface area contributed by atoms with E-state index in [1.54, 1.807) is 25.4 Å². The number of nitrogens with one attached hydrogen (secondary N) is 1. The Morgan fingerprint density at radius 3 is 2.86 bits per heavy atom. The Morgan fingerprint density at radius 2 is 2.36 bits per heavy atom. The molecule has 0 saturated carbocycles. The highest BCUT2D eigenvalue weighted by Gasteiger charge is 1.99. The Kier molecular flexibility index (Phi) is 4.07. The van der Waals surface area contributed by atoms with Gasteiger partial charge in [-0.25, -0.2) is 4.98 Å². The first-order chi connectivity index (χ1) is 6.74. The number of carbonyl (C=O) groups excluding carboxylic acids is 1. The number of hydrogen-bond acceptors (Lipinski definition) is 4. The summed E-state index contributed by atoms with van der Waals surface area (Å²) in [5.74, 6) is 0.785. The predicted molar refractivity (Wildman–Crippen MR) is 54.6 cm³/mol. The molecule has 1 aromatic heterocycles. The van der Waals surface area contributed by atoms with Crippen LogP contribution in [0.2, 0.25) is 0 Å². The maximum atomic E-state index is 10.9. The van der Waals surface area contributed by atoms with Gasteiger partial charge in [-0.15, -0.1) is 0 Å². The van der Waals surface area contributed by atoms with Crippen molar-refractivity contribution in [2.45, 2.75) is 6.92 Å². The van der Waals surface area contributed by atoms with E-state index in [-0.39, 0.29) is 5.78 Å². The number of nitrogens with zero attached hydrogens (tertiary/aromatic N) is 1. The molecule has 0 amide bonds. The first kappa shape index (κ1) is 10.7. The third kappa shape index (κ3) is 3.14. The maximum absolute atomic E-state index is 10.9. The summed E-state index contributed by atoms with van der Waals surface area (Å²) in [6.07, 6.45) is 1.57. The van der Waals surface area contributed by atoms with Gasteiger partial charge in [-0.1, -0.05) is 0 Å². The second-order valence-corrected chi connectivity index (χ2v) is 2.91. The fourth-order valence-corrected chi connectivity index (χ4v) is 0.988. The van der Waals surface area contributed by atoms with Crippen molar-refractivity contribution in [3.8, 4) is 0 Å². The highest BCUT2D eigenvalue weighted by molar-refractivity contribution is 5.93. The molecule has 4 heteroatoms. The summed E-state index contributed by atoms with van der Waals surface area (Å²) in [4.78, 5) is 15.0. The van der Waals surface area contributed by atoms with Gasteiger partial charge in [-0.2, -0.15) is 0 Å². The predicted octanol–water partition coefficient (Wildman–Crippen LogP) is 1.34. The van der Waals surface area contributed by atoms with Crippen LogP contribution in [0.4, 0.5) is 5.82 Å². The molecule has 4 nitrogen and oxygen atoms in total. The van der Waals surface area contributed by atoms with Crippen molar-refractivity contribution >= 4 is 11.6 Å². The third-order valence-electron chi connectivity index (χ3n) is 1.78. The highest BCUT2D eigenvalue weighted by atomic mass is 16.5. The molecule has 0 aliphatic carbocycles. The minimum atomic E-state index is 0.0286. The highest BCUT2D eigenvalue weighted by Crippen LogP contribution is 2.04. The lowest BCUT2D eigenvalue weighted by Gasteiger charge is -2.04. The maximum Gasteiger partial charge on any atom is 0.161 e. The Bertz CT molecular complexity index is 295. The molecular weight excluding hydrogens is 180 g/mol. The van der Waals surface area contributed by atoms with Crippen molar-refractivity contribution in [3.05, 3.63) is 23.9 Å². The lowest BCUT2D eigenvalue weighted by molar-refractivity contribution is 0.101. The van der Waals surface area contributed by atoms with Crippen LogP contribution in [-0.4, -0.2) is 31.0 Å². The minimum absolute atomic E-state index is 0.0286. The van der Waals surface area contributed by atoms with Crippen LogP contribution in [0.25, 0.3) is 0 Å². The van der Waals surface area contributed by atoms with Crippen LogP contribution in [-0.2, 0) is 4.74 Å². The lowest BCUT2D eigenvalue weighted by atomic mass is 10.2. The number of Topliss-reactive ketones (excluding diaryl/α,β-unsaturated/α-hetero) is 1. The Morgan fingerprint density at radius 1 is 1.57 bits per heavy atom. The standard InChI is InChI=1S/C10H14N2O2/c1-8(13)9-3-4-10(12-7-9)11-5-6-14-2/h3-4,7H,5-6H2,1-2H3,(H,11,12). The van der Waals surface area contributed by atoms with E-state index in [1.165, 1.54) is 6.92 Å². The van der Waals surface area contributed by atoms with E-state index >= 15 is 0 Å². The summed E-state index contributed by atoms with van der Waals surface area (Å²) in [7, 11) is 1.65. The molecule has 1 heterocycles. The number of aromatic nitrogens is 1. The van der Waals surface area contributed by atoms with Crippen LogP contribution in [0.5, 0.6) is 0 Å². The summed E-state index contributed by atoms with van der Waals surface area (Å²) in [6, 6.07) is 3.54. The number of hydrogen-bond donors (Lipinski definition) is 1. The fourth-order valence-electron chi connectivity index (χ4n) is 0.988. The van der Waals surface area contributed by atoms with Crippen molar-refractivity contribution in [3.63, 3.8) is 0 Å². The zero-order valence-corrected chi connectivity index (χ0v) is 8.41. The average molecular weight is 194 g/mol. The van der Waals surface area contributed by atoms with Crippen LogP contribution < -0.4 is 5.32 Å². The molecule has 0 aliphatic heterocycles. The van der Waals surface area contributed by atoms with E-state index in [0.717, 1.165) is 5.82 Å². The molecule has 0 aliphatic rings. The van der Waals surface area contributed by atoms with Gasteiger partial charge in [0, 0.05) is 25.4 Å². The molecule has 0 atom stereocenters. The minimum Gasteiger partial charge on any atom is -0.383 e. The fraction of sp³-hybridized carbons (Fsp3) is 0.400. The molecular formula is C10H14N2O2.